The van der Waals surface area contributed by atoms with Crippen LogP contribution in [0.3, 0.4) is 0 Å². The van der Waals surface area contributed by atoms with Gasteiger partial charge in [-0.05, 0) is 150 Å². The summed E-state index contributed by atoms with van der Waals surface area (Å²) in [5, 5.41) is 9.78. The number of benzene rings is 6. The Kier molecular flexibility index (Phi) is 7.10. The Bertz CT molecular complexity index is 2720. The number of hydrogen-bond acceptors (Lipinski definition) is 4. The number of hydrogen-bond donors (Lipinski definition) is 0. The molecule has 0 saturated carbocycles. The van der Waals surface area contributed by atoms with Crippen molar-refractivity contribution in [3.8, 4) is 55.9 Å². The van der Waals surface area contributed by atoms with E-state index in [1.165, 1.54) is 54.2 Å². The third kappa shape index (κ3) is 5.53. The van der Waals surface area contributed by atoms with Crippen LogP contribution in [0, 0.1) is 0 Å². The molecule has 0 fully saturated rings. The summed E-state index contributed by atoms with van der Waals surface area (Å²) in [7, 11) is 0. The molecule has 0 atom stereocenters. The quantitative estimate of drug-likeness (QED) is 0.172. The molecule has 0 bridgehead atoms. The molecule has 0 radical (unpaired) electrons. The molecule has 0 aliphatic rings. The first kappa shape index (κ1) is 29.8. The van der Waals surface area contributed by atoms with Crippen LogP contribution in [-0.4, -0.2) is 19.9 Å². The average Bonchev–Trinajstić information content (AvgIpc) is 3.22. The fourth-order valence-corrected chi connectivity index (χ4v) is 7.21. The van der Waals surface area contributed by atoms with Crippen molar-refractivity contribution in [2.24, 2.45) is 0 Å². The molecular formula is C48H30N4. The molecule has 0 amide bonds. The zero-order chi connectivity index (χ0) is 34.4. The van der Waals surface area contributed by atoms with E-state index in [0.717, 1.165) is 44.8 Å². The predicted molar refractivity (Wildman–Crippen MR) is 215 cm³/mol. The van der Waals surface area contributed by atoms with Crippen molar-refractivity contribution in [3.05, 3.63) is 183 Å². The molecule has 4 heterocycles. The fraction of sp³-hybridized carbons (Fsp3) is 0. The normalized spacial score (nSPS) is 11.5. The second-order valence-electron chi connectivity index (χ2n) is 13.3. The van der Waals surface area contributed by atoms with Gasteiger partial charge in [0.2, 0.25) is 0 Å². The Balaban J connectivity index is 0.927. The Labute approximate surface area is 300 Å². The van der Waals surface area contributed by atoms with Crippen molar-refractivity contribution < 1.29 is 0 Å². The van der Waals surface area contributed by atoms with Gasteiger partial charge in [0, 0.05) is 59.4 Å². The van der Waals surface area contributed by atoms with Crippen LogP contribution in [0.25, 0.3) is 99.0 Å². The first-order valence-corrected chi connectivity index (χ1v) is 17.4. The van der Waals surface area contributed by atoms with Gasteiger partial charge >= 0.3 is 0 Å². The second-order valence-corrected chi connectivity index (χ2v) is 13.3. The highest BCUT2D eigenvalue weighted by Crippen LogP contribution is 2.34. The van der Waals surface area contributed by atoms with Gasteiger partial charge in [-0.3, -0.25) is 19.9 Å². The summed E-state index contributed by atoms with van der Waals surface area (Å²) in [4.78, 5) is 17.9. The van der Waals surface area contributed by atoms with Crippen LogP contribution in [0.4, 0.5) is 0 Å². The highest BCUT2D eigenvalue weighted by molar-refractivity contribution is 6.03. The molecule has 0 saturated heterocycles. The van der Waals surface area contributed by atoms with Crippen LogP contribution in [0.15, 0.2) is 183 Å². The van der Waals surface area contributed by atoms with Gasteiger partial charge in [0.25, 0.3) is 0 Å². The van der Waals surface area contributed by atoms with E-state index in [2.05, 4.69) is 131 Å². The first-order valence-electron chi connectivity index (χ1n) is 17.4. The summed E-state index contributed by atoms with van der Waals surface area (Å²) in [6.07, 6.45) is 11.1. The molecule has 0 spiro atoms. The summed E-state index contributed by atoms with van der Waals surface area (Å²) in [6, 6.07) is 52.4. The van der Waals surface area contributed by atoms with Gasteiger partial charge in [0.1, 0.15) is 0 Å². The third-order valence-electron chi connectivity index (χ3n) is 10.0. The minimum Gasteiger partial charge on any atom is -0.264 e. The van der Waals surface area contributed by atoms with Crippen LogP contribution in [0.1, 0.15) is 0 Å². The Morgan fingerprint density at radius 3 is 0.904 bits per heavy atom. The summed E-state index contributed by atoms with van der Waals surface area (Å²) in [5.41, 5.74) is 10.8. The minimum atomic E-state index is 0.922. The van der Waals surface area contributed by atoms with Gasteiger partial charge in [-0.25, -0.2) is 0 Å². The third-order valence-corrected chi connectivity index (χ3v) is 10.0. The number of rotatable bonds is 5. The molecule has 0 N–H and O–H groups in total. The molecule has 4 aromatic heterocycles. The number of nitrogens with zero attached hydrogens (tertiary/aromatic N) is 4. The van der Waals surface area contributed by atoms with Crippen LogP contribution < -0.4 is 0 Å². The molecule has 4 heteroatoms. The van der Waals surface area contributed by atoms with E-state index in [1.54, 1.807) is 12.4 Å². The molecule has 10 aromatic rings. The van der Waals surface area contributed by atoms with E-state index in [1.807, 2.05) is 49.1 Å². The molecule has 10 rings (SSSR count). The zero-order valence-electron chi connectivity index (χ0n) is 28.1. The summed E-state index contributed by atoms with van der Waals surface area (Å²) in [6.45, 7) is 0. The van der Waals surface area contributed by atoms with E-state index in [9.17, 15) is 0 Å². The first-order chi connectivity index (χ1) is 25.7. The molecule has 4 nitrogen and oxygen atoms in total. The lowest BCUT2D eigenvalue weighted by molar-refractivity contribution is 1.28. The Morgan fingerprint density at radius 2 is 0.596 bits per heavy atom. The zero-order valence-corrected chi connectivity index (χ0v) is 28.1. The number of aromatic nitrogens is 4. The second kappa shape index (κ2) is 12.4. The van der Waals surface area contributed by atoms with E-state index in [0.29, 0.717) is 0 Å². The summed E-state index contributed by atoms with van der Waals surface area (Å²) >= 11 is 0. The van der Waals surface area contributed by atoms with Gasteiger partial charge in [0.05, 0.1) is 11.4 Å². The molecule has 52 heavy (non-hydrogen) atoms. The topological polar surface area (TPSA) is 51.6 Å². The fourth-order valence-electron chi connectivity index (χ4n) is 7.21. The monoisotopic (exact) mass is 662 g/mol. The van der Waals surface area contributed by atoms with Crippen LogP contribution >= 0.6 is 0 Å². The molecule has 6 aromatic carbocycles. The van der Waals surface area contributed by atoms with Crippen molar-refractivity contribution in [2.45, 2.75) is 0 Å². The van der Waals surface area contributed by atoms with Crippen molar-refractivity contribution in [3.63, 3.8) is 0 Å². The van der Waals surface area contributed by atoms with Crippen LogP contribution in [0.2, 0.25) is 0 Å². The lowest BCUT2D eigenvalue weighted by atomic mass is 9.94. The van der Waals surface area contributed by atoms with E-state index in [-0.39, 0.29) is 0 Å². The SMILES string of the molecule is c1cncc(-c2ccc(-c3ccc4cc5cc(-c6ccc7cc8cc(-c9ccc(-c%10cccnc%10)nc9)ccc8cc7c6)ccc5cc4c3)cn2)c1. The van der Waals surface area contributed by atoms with E-state index in [4.69, 9.17) is 9.97 Å². The lowest BCUT2D eigenvalue weighted by Gasteiger charge is -2.10. The molecular weight excluding hydrogens is 633 g/mol. The van der Waals surface area contributed by atoms with Crippen molar-refractivity contribution in [1.82, 2.24) is 19.9 Å². The lowest BCUT2D eigenvalue weighted by Crippen LogP contribution is -1.87. The minimum absolute atomic E-state index is 0.922. The standard InChI is InChI=1S/C48H30N4/c1-3-41(27-49-17-1)47-15-13-39(29-51-47)33-7-11-37-23-43-19-31(5-9-35(43)25-45(37)21-33)32-6-10-36-26-46-22-34(8-12-38(46)24-44(36)20-32)40-14-16-48(52-30-40)42-4-2-18-50-28-42/h1-30H. The molecule has 0 aliphatic heterocycles. The summed E-state index contributed by atoms with van der Waals surface area (Å²) < 4.78 is 0. The van der Waals surface area contributed by atoms with Gasteiger partial charge < -0.3 is 0 Å². The highest BCUT2D eigenvalue weighted by Gasteiger charge is 2.09. The van der Waals surface area contributed by atoms with Crippen LogP contribution in [0.5, 0.6) is 0 Å². The van der Waals surface area contributed by atoms with Crippen LogP contribution in [-0.2, 0) is 0 Å². The van der Waals surface area contributed by atoms with Gasteiger partial charge in [-0.1, -0.05) is 60.7 Å². The molecule has 0 aliphatic carbocycles. The predicted octanol–water partition coefficient (Wildman–Crippen LogP) is 12.2. The average molecular weight is 663 g/mol. The number of fused-ring (bicyclic) bond motifs is 4. The molecule has 0 unspecified atom stereocenters. The largest absolute Gasteiger partial charge is 0.264 e. The number of pyridine rings is 4. The Hall–Kier alpha value is -7.04. The molecule has 242 valence electrons. The van der Waals surface area contributed by atoms with Gasteiger partial charge in [-0.2, -0.15) is 0 Å². The van der Waals surface area contributed by atoms with Gasteiger partial charge in [-0.15, -0.1) is 0 Å². The maximum atomic E-state index is 4.71. The van der Waals surface area contributed by atoms with E-state index < -0.39 is 0 Å². The van der Waals surface area contributed by atoms with Crippen molar-refractivity contribution >= 4 is 43.1 Å². The van der Waals surface area contributed by atoms with Gasteiger partial charge in [0.15, 0.2) is 0 Å². The summed E-state index contributed by atoms with van der Waals surface area (Å²) in [5.74, 6) is 0. The van der Waals surface area contributed by atoms with E-state index >= 15 is 0 Å². The maximum absolute atomic E-state index is 4.71. The maximum Gasteiger partial charge on any atom is 0.0717 e. The van der Waals surface area contributed by atoms with Crippen molar-refractivity contribution in [1.29, 1.82) is 0 Å². The Morgan fingerprint density at radius 1 is 0.250 bits per heavy atom. The smallest absolute Gasteiger partial charge is 0.0717 e. The highest BCUT2D eigenvalue weighted by atomic mass is 14.7. The van der Waals surface area contributed by atoms with Crippen molar-refractivity contribution in [2.75, 3.05) is 0 Å².